The lowest BCUT2D eigenvalue weighted by molar-refractivity contribution is 0.398. The van der Waals surface area contributed by atoms with Crippen molar-refractivity contribution in [3.05, 3.63) is 41.4 Å². The molecule has 1 N–H and O–H groups in total. The van der Waals surface area contributed by atoms with Crippen molar-refractivity contribution in [3.8, 4) is 17.4 Å². The summed E-state index contributed by atoms with van der Waals surface area (Å²) < 4.78 is 10.5. The van der Waals surface area contributed by atoms with Gasteiger partial charge in [0.25, 0.3) is 0 Å². The molecule has 3 aromatic heterocycles. The Labute approximate surface area is 173 Å². The Kier molecular flexibility index (Phi) is 6.69. The summed E-state index contributed by atoms with van der Waals surface area (Å²) in [5.41, 5.74) is 0.709. The first-order valence-electron chi connectivity index (χ1n) is 8.82. The highest BCUT2D eigenvalue weighted by atomic mass is 35.5. The molecule has 1 atom stereocenters. The summed E-state index contributed by atoms with van der Waals surface area (Å²) in [6.45, 7) is 6.25. The predicted molar refractivity (Wildman–Crippen MR) is 112 cm³/mol. The summed E-state index contributed by atoms with van der Waals surface area (Å²) in [6.07, 6.45) is 3.92. The van der Waals surface area contributed by atoms with Gasteiger partial charge in [0.1, 0.15) is 11.5 Å². The molecule has 3 aromatic rings. The van der Waals surface area contributed by atoms with Crippen LogP contribution in [0.1, 0.15) is 32.6 Å². The van der Waals surface area contributed by atoms with Crippen LogP contribution in [0, 0.1) is 0 Å². The zero-order valence-corrected chi connectivity index (χ0v) is 17.7. The van der Waals surface area contributed by atoms with Gasteiger partial charge in [-0.15, -0.1) is 10.2 Å². The number of hydrogen-bond acceptors (Lipinski definition) is 8. The largest absolute Gasteiger partial charge is 0.481 e. The van der Waals surface area contributed by atoms with Gasteiger partial charge in [-0.3, -0.25) is 9.29 Å². The van der Waals surface area contributed by atoms with Crippen LogP contribution in [0.5, 0.6) is 5.88 Å². The van der Waals surface area contributed by atoms with E-state index in [1.807, 2.05) is 16.7 Å². The normalized spacial score (nSPS) is 12.2. The lowest BCUT2D eigenvalue weighted by atomic mass is 10.3. The van der Waals surface area contributed by atoms with Crippen molar-refractivity contribution in [2.24, 2.45) is 0 Å². The smallest absolute Gasteiger partial charge is 0.235 e. The lowest BCUT2D eigenvalue weighted by Crippen LogP contribution is -2.12. The van der Waals surface area contributed by atoms with Gasteiger partial charge in [0.15, 0.2) is 5.82 Å². The third-order valence-electron chi connectivity index (χ3n) is 3.87. The summed E-state index contributed by atoms with van der Waals surface area (Å²) in [5, 5.41) is 9.40. The van der Waals surface area contributed by atoms with E-state index in [9.17, 15) is 0 Å². The molecule has 10 heteroatoms. The molecular formula is C18H22ClN7OS. The van der Waals surface area contributed by atoms with E-state index >= 15 is 0 Å². The van der Waals surface area contributed by atoms with E-state index in [-0.39, 0.29) is 11.3 Å². The number of nitrogens with one attached hydrogen (secondary N) is 1. The van der Waals surface area contributed by atoms with Crippen LogP contribution >= 0.6 is 23.5 Å². The molecule has 0 spiro atoms. The molecule has 0 saturated heterocycles. The van der Waals surface area contributed by atoms with Gasteiger partial charge in [-0.1, -0.05) is 24.6 Å². The fourth-order valence-electron chi connectivity index (χ4n) is 2.57. The topological polar surface area (TPSA) is 90.6 Å². The Morgan fingerprint density at radius 3 is 2.61 bits per heavy atom. The molecule has 0 aliphatic heterocycles. The van der Waals surface area contributed by atoms with Crippen molar-refractivity contribution < 1.29 is 4.74 Å². The number of halogens is 1. The Morgan fingerprint density at radius 2 is 1.93 bits per heavy atom. The Bertz CT molecular complexity index is 917. The van der Waals surface area contributed by atoms with Gasteiger partial charge in [-0.2, -0.15) is 0 Å². The minimum atomic E-state index is 0.149. The van der Waals surface area contributed by atoms with E-state index in [1.54, 1.807) is 37.5 Å². The van der Waals surface area contributed by atoms with Crippen LogP contribution in [-0.2, 0) is 6.42 Å². The Hall–Kier alpha value is -2.39. The maximum atomic E-state index is 5.83. The second-order valence-corrected chi connectivity index (χ2v) is 8.11. The van der Waals surface area contributed by atoms with Crippen LogP contribution in [0.15, 0.2) is 30.6 Å². The number of anilines is 1. The highest BCUT2D eigenvalue weighted by Gasteiger charge is 2.19. The molecule has 0 aromatic carbocycles. The average molecular weight is 420 g/mol. The monoisotopic (exact) mass is 419 g/mol. The molecule has 0 radical (unpaired) electrons. The van der Waals surface area contributed by atoms with Gasteiger partial charge in [-0.05, 0) is 31.9 Å². The highest BCUT2D eigenvalue weighted by Crippen LogP contribution is 2.27. The zero-order valence-electron chi connectivity index (χ0n) is 16.1. The quantitative estimate of drug-likeness (QED) is 0.546. The molecule has 3 rings (SSSR count). The Balaban J connectivity index is 1.73. The van der Waals surface area contributed by atoms with E-state index < -0.39 is 0 Å². The van der Waals surface area contributed by atoms with Crippen LogP contribution in [0.2, 0.25) is 5.02 Å². The molecule has 0 aliphatic rings. The second-order valence-electron chi connectivity index (χ2n) is 6.43. The number of hydrogen-bond donors (Lipinski definition) is 1. The minimum Gasteiger partial charge on any atom is -0.481 e. The van der Waals surface area contributed by atoms with Gasteiger partial charge in [0.05, 0.1) is 12.1 Å². The molecule has 8 nitrogen and oxygen atoms in total. The maximum Gasteiger partial charge on any atom is 0.235 e. The first-order chi connectivity index (χ1) is 13.5. The number of aromatic nitrogens is 6. The summed E-state index contributed by atoms with van der Waals surface area (Å²) in [5.74, 6) is 2.64. The number of ether oxygens (including phenoxy) is 1. The molecule has 0 saturated carbocycles. The molecule has 3 heterocycles. The van der Waals surface area contributed by atoms with E-state index in [2.05, 4.69) is 50.6 Å². The van der Waals surface area contributed by atoms with Gasteiger partial charge in [0, 0.05) is 36.2 Å². The van der Waals surface area contributed by atoms with Gasteiger partial charge in [0.2, 0.25) is 11.8 Å². The summed E-state index contributed by atoms with van der Waals surface area (Å²) in [6, 6.07) is 5.73. The number of rotatable bonds is 8. The third kappa shape index (κ3) is 4.90. The van der Waals surface area contributed by atoms with Crippen molar-refractivity contribution in [3.63, 3.8) is 0 Å². The van der Waals surface area contributed by atoms with Crippen molar-refractivity contribution in [2.75, 3.05) is 11.8 Å². The summed E-state index contributed by atoms with van der Waals surface area (Å²) in [7, 11) is 1.59. The molecule has 0 bridgehead atoms. The van der Waals surface area contributed by atoms with E-state index in [0.29, 0.717) is 34.8 Å². The van der Waals surface area contributed by atoms with E-state index in [4.69, 9.17) is 16.3 Å². The standard InChI is InChI=1S/C18H22ClN7OS/c1-11(2)26-17(14-6-5-7-16(22-14)27-4)23-24-18(26)25-28-12(3)8-15-20-9-13(19)10-21-15/h5-7,9-12H,8H2,1-4H3,(H,24,25). The zero-order chi connectivity index (χ0) is 20.1. The second kappa shape index (κ2) is 9.20. The fraction of sp³-hybridized carbons (Fsp3) is 0.389. The molecule has 148 valence electrons. The van der Waals surface area contributed by atoms with Crippen molar-refractivity contribution >= 4 is 29.5 Å². The molecule has 28 heavy (non-hydrogen) atoms. The molecule has 1 unspecified atom stereocenters. The summed E-state index contributed by atoms with van der Waals surface area (Å²) >= 11 is 7.38. The number of nitrogens with zero attached hydrogens (tertiary/aromatic N) is 6. The summed E-state index contributed by atoms with van der Waals surface area (Å²) in [4.78, 5) is 13.0. The highest BCUT2D eigenvalue weighted by molar-refractivity contribution is 8.01. The van der Waals surface area contributed by atoms with E-state index in [1.165, 1.54) is 0 Å². The molecular weight excluding hydrogens is 398 g/mol. The first kappa shape index (κ1) is 20.3. The van der Waals surface area contributed by atoms with Crippen LogP contribution in [0.25, 0.3) is 11.5 Å². The minimum absolute atomic E-state index is 0.149. The van der Waals surface area contributed by atoms with Crippen LogP contribution in [-0.4, -0.2) is 42.1 Å². The van der Waals surface area contributed by atoms with Crippen LogP contribution in [0.3, 0.4) is 0 Å². The lowest BCUT2D eigenvalue weighted by Gasteiger charge is -2.16. The Morgan fingerprint density at radius 1 is 1.18 bits per heavy atom. The van der Waals surface area contributed by atoms with Gasteiger partial charge in [-0.25, -0.2) is 15.0 Å². The van der Waals surface area contributed by atoms with Crippen LogP contribution < -0.4 is 9.46 Å². The van der Waals surface area contributed by atoms with Crippen LogP contribution in [0.4, 0.5) is 5.95 Å². The maximum absolute atomic E-state index is 5.83. The third-order valence-corrected chi connectivity index (χ3v) is 4.93. The number of pyridine rings is 1. The SMILES string of the molecule is COc1cccc(-c2nnc(NSC(C)Cc3ncc(Cl)cn3)n2C(C)C)n1. The average Bonchev–Trinajstić information content (AvgIpc) is 3.12. The predicted octanol–water partition coefficient (Wildman–Crippen LogP) is 4.06. The fourth-order valence-corrected chi connectivity index (χ4v) is 3.35. The van der Waals surface area contributed by atoms with Crippen molar-refractivity contribution in [1.29, 1.82) is 0 Å². The van der Waals surface area contributed by atoms with Crippen molar-refractivity contribution in [1.82, 2.24) is 29.7 Å². The van der Waals surface area contributed by atoms with E-state index in [0.717, 1.165) is 5.82 Å². The molecule has 0 aliphatic carbocycles. The van der Waals surface area contributed by atoms with Gasteiger partial charge < -0.3 is 4.74 Å². The molecule has 0 fully saturated rings. The van der Waals surface area contributed by atoms with Gasteiger partial charge >= 0.3 is 0 Å². The van der Waals surface area contributed by atoms with Crippen molar-refractivity contribution in [2.45, 2.75) is 38.5 Å². The first-order valence-corrected chi connectivity index (χ1v) is 10.1. The molecule has 0 amide bonds. The number of methoxy groups -OCH3 is 1.